The number of hydrogen-bond acceptors (Lipinski definition) is 4. The maximum absolute atomic E-state index is 12.8. The molecule has 0 bridgehead atoms. The van der Waals surface area contributed by atoms with Crippen LogP contribution in [0.3, 0.4) is 0 Å². The van der Waals surface area contributed by atoms with Crippen LogP contribution in [0.1, 0.15) is 16.9 Å². The van der Waals surface area contributed by atoms with E-state index in [0.29, 0.717) is 12.8 Å². The Morgan fingerprint density at radius 1 is 1.27 bits per heavy atom. The number of hydrogen-bond donors (Lipinski definition) is 0. The fourth-order valence-corrected chi connectivity index (χ4v) is 3.56. The number of fused-ring (bicyclic) bond motifs is 1. The third kappa shape index (κ3) is 2.76. The highest BCUT2D eigenvalue weighted by Gasteiger charge is 2.36. The van der Waals surface area contributed by atoms with Gasteiger partial charge in [-0.05, 0) is 35.9 Å². The van der Waals surface area contributed by atoms with Crippen LogP contribution in [-0.2, 0) is 27.2 Å². The molecule has 1 aromatic carbocycles. The molecule has 1 amide bonds. The zero-order valence-corrected chi connectivity index (χ0v) is 13.1. The summed E-state index contributed by atoms with van der Waals surface area (Å²) in [6.07, 6.45) is 1.68. The molecule has 0 radical (unpaired) electrons. The molecular weight excluding hydrogens is 298 g/mol. The minimum absolute atomic E-state index is 0.0648. The number of rotatable bonds is 3. The highest BCUT2D eigenvalue weighted by Crippen LogP contribution is 2.32. The SMILES string of the molecule is COC(=O)[C@H]1CCc2ccccc2N1C(=O)Cc1cccs1. The summed E-state index contributed by atoms with van der Waals surface area (Å²) in [5, 5.41) is 1.95. The summed E-state index contributed by atoms with van der Waals surface area (Å²) >= 11 is 1.55. The van der Waals surface area contributed by atoms with E-state index in [4.69, 9.17) is 4.74 Å². The largest absolute Gasteiger partial charge is 0.467 e. The highest BCUT2D eigenvalue weighted by molar-refractivity contribution is 7.10. The van der Waals surface area contributed by atoms with E-state index in [0.717, 1.165) is 22.5 Å². The maximum Gasteiger partial charge on any atom is 0.328 e. The molecule has 0 fully saturated rings. The molecule has 0 unspecified atom stereocenters. The van der Waals surface area contributed by atoms with Crippen LogP contribution in [0.4, 0.5) is 5.69 Å². The van der Waals surface area contributed by atoms with Crippen molar-refractivity contribution in [3.63, 3.8) is 0 Å². The number of esters is 1. The van der Waals surface area contributed by atoms with Crippen molar-refractivity contribution in [2.75, 3.05) is 12.0 Å². The number of aryl methyl sites for hydroxylation is 1. The number of thiophene rings is 1. The van der Waals surface area contributed by atoms with Crippen LogP contribution in [0.25, 0.3) is 0 Å². The molecule has 0 aliphatic carbocycles. The van der Waals surface area contributed by atoms with E-state index in [1.54, 1.807) is 16.2 Å². The monoisotopic (exact) mass is 315 g/mol. The number of ether oxygens (including phenoxy) is 1. The molecule has 1 atom stereocenters. The lowest BCUT2D eigenvalue weighted by Gasteiger charge is -2.35. The van der Waals surface area contributed by atoms with E-state index in [-0.39, 0.29) is 11.9 Å². The fourth-order valence-electron chi connectivity index (χ4n) is 2.86. The predicted molar refractivity (Wildman–Crippen MR) is 86.1 cm³/mol. The summed E-state index contributed by atoms with van der Waals surface area (Å²) in [7, 11) is 1.37. The minimum Gasteiger partial charge on any atom is -0.467 e. The van der Waals surface area contributed by atoms with E-state index in [1.165, 1.54) is 7.11 Å². The fraction of sp³-hybridized carbons (Fsp3) is 0.294. The van der Waals surface area contributed by atoms with Crippen LogP contribution in [0.15, 0.2) is 41.8 Å². The van der Waals surface area contributed by atoms with Gasteiger partial charge in [0.1, 0.15) is 6.04 Å². The average Bonchev–Trinajstić information content (AvgIpc) is 3.05. The van der Waals surface area contributed by atoms with E-state index < -0.39 is 6.04 Å². The van der Waals surface area contributed by atoms with Crippen LogP contribution >= 0.6 is 11.3 Å². The first-order valence-electron chi connectivity index (χ1n) is 7.21. The predicted octanol–water partition coefficient (Wildman–Crippen LogP) is 2.81. The second-order valence-corrected chi connectivity index (χ2v) is 6.26. The van der Waals surface area contributed by atoms with Crippen LogP contribution < -0.4 is 4.90 Å². The van der Waals surface area contributed by atoms with Gasteiger partial charge < -0.3 is 4.74 Å². The Morgan fingerprint density at radius 2 is 2.09 bits per heavy atom. The standard InChI is InChI=1S/C17H17NO3S/c1-21-17(20)15-9-8-12-5-2-3-7-14(12)18(15)16(19)11-13-6-4-10-22-13/h2-7,10,15H,8-9,11H2,1H3/t15-/m1/s1. The molecule has 0 saturated heterocycles. The van der Waals surface area contributed by atoms with Crippen molar-refractivity contribution in [3.05, 3.63) is 52.2 Å². The zero-order valence-electron chi connectivity index (χ0n) is 12.3. The molecule has 5 heteroatoms. The van der Waals surface area contributed by atoms with Gasteiger partial charge in [-0.3, -0.25) is 9.69 Å². The van der Waals surface area contributed by atoms with Gasteiger partial charge in [0.15, 0.2) is 0 Å². The summed E-state index contributed by atoms with van der Waals surface area (Å²) < 4.78 is 4.89. The Morgan fingerprint density at radius 3 is 2.82 bits per heavy atom. The summed E-state index contributed by atoms with van der Waals surface area (Å²) in [6, 6.07) is 11.1. The lowest BCUT2D eigenvalue weighted by atomic mass is 9.95. The quantitative estimate of drug-likeness (QED) is 0.818. The van der Waals surface area contributed by atoms with Gasteiger partial charge in [0.2, 0.25) is 5.91 Å². The first kappa shape index (κ1) is 14.8. The molecule has 0 spiro atoms. The first-order chi connectivity index (χ1) is 10.7. The molecule has 2 aromatic rings. The molecule has 2 heterocycles. The van der Waals surface area contributed by atoms with Crippen molar-refractivity contribution in [2.24, 2.45) is 0 Å². The van der Waals surface area contributed by atoms with Gasteiger partial charge in [0.05, 0.1) is 13.5 Å². The summed E-state index contributed by atoms with van der Waals surface area (Å²) in [5.74, 6) is -0.418. The topological polar surface area (TPSA) is 46.6 Å². The van der Waals surface area contributed by atoms with Gasteiger partial charge in [-0.25, -0.2) is 4.79 Å². The molecule has 1 aliphatic heterocycles. The van der Waals surface area contributed by atoms with Crippen molar-refractivity contribution in [1.82, 2.24) is 0 Å². The lowest BCUT2D eigenvalue weighted by molar-refractivity contribution is -0.143. The smallest absolute Gasteiger partial charge is 0.328 e. The number of anilines is 1. The van der Waals surface area contributed by atoms with Crippen LogP contribution in [-0.4, -0.2) is 25.0 Å². The summed E-state index contributed by atoms with van der Waals surface area (Å²) in [4.78, 5) is 27.5. The van der Waals surface area contributed by atoms with Gasteiger partial charge in [-0.15, -0.1) is 11.3 Å². The van der Waals surface area contributed by atoms with Crippen molar-refractivity contribution < 1.29 is 14.3 Å². The van der Waals surface area contributed by atoms with E-state index in [9.17, 15) is 9.59 Å². The number of para-hydroxylation sites is 1. The van der Waals surface area contributed by atoms with Gasteiger partial charge in [-0.1, -0.05) is 24.3 Å². The molecule has 3 rings (SSSR count). The summed E-state index contributed by atoms with van der Waals surface area (Å²) in [5.41, 5.74) is 1.92. The second-order valence-electron chi connectivity index (χ2n) is 5.23. The number of carbonyl (C=O) groups excluding carboxylic acids is 2. The van der Waals surface area contributed by atoms with Gasteiger partial charge >= 0.3 is 5.97 Å². The van der Waals surface area contributed by atoms with Gasteiger partial charge in [0, 0.05) is 10.6 Å². The van der Waals surface area contributed by atoms with Gasteiger partial charge in [-0.2, -0.15) is 0 Å². The molecule has 1 aliphatic rings. The zero-order chi connectivity index (χ0) is 15.5. The Kier molecular flexibility index (Phi) is 4.24. The highest BCUT2D eigenvalue weighted by atomic mass is 32.1. The normalized spacial score (nSPS) is 17.0. The summed E-state index contributed by atoms with van der Waals surface area (Å²) in [6.45, 7) is 0. The van der Waals surface area contributed by atoms with Crippen molar-refractivity contribution in [2.45, 2.75) is 25.3 Å². The Labute approximate surface area is 133 Å². The molecule has 4 nitrogen and oxygen atoms in total. The van der Waals surface area contributed by atoms with E-state index in [1.807, 2.05) is 41.8 Å². The Hall–Kier alpha value is -2.14. The average molecular weight is 315 g/mol. The van der Waals surface area contributed by atoms with Crippen LogP contribution in [0.5, 0.6) is 0 Å². The molecular formula is C17H17NO3S. The van der Waals surface area contributed by atoms with E-state index in [2.05, 4.69) is 0 Å². The number of benzene rings is 1. The lowest BCUT2D eigenvalue weighted by Crippen LogP contribution is -2.49. The Bertz CT molecular complexity index is 681. The number of nitrogens with zero attached hydrogens (tertiary/aromatic N) is 1. The Balaban J connectivity index is 1.94. The minimum atomic E-state index is -0.535. The maximum atomic E-state index is 12.8. The van der Waals surface area contributed by atoms with Crippen molar-refractivity contribution in [3.8, 4) is 0 Å². The molecule has 0 saturated carbocycles. The first-order valence-corrected chi connectivity index (χ1v) is 8.09. The van der Waals surface area contributed by atoms with Crippen LogP contribution in [0.2, 0.25) is 0 Å². The van der Waals surface area contributed by atoms with Crippen LogP contribution in [0, 0.1) is 0 Å². The second kappa shape index (κ2) is 6.32. The van der Waals surface area contributed by atoms with Gasteiger partial charge in [0.25, 0.3) is 0 Å². The number of carbonyl (C=O) groups is 2. The third-order valence-electron chi connectivity index (χ3n) is 3.90. The number of amides is 1. The third-order valence-corrected chi connectivity index (χ3v) is 4.77. The molecule has 0 N–H and O–H groups in total. The molecule has 22 heavy (non-hydrogen) atoms. The molecule has 114 valence electrons. The van der Waals surface area contributed by atoms with E-state index >= 15 is 0 Å². The van der Waals surface area contributed by atoms with Crippen molar-refractivity contribution in [1.29, 1.82) is 0 Å². The van der Waals surface area contributed by atoms with Crippen molar-refractivity contribution >= 4 is 28.9 Å². The molecule has 1 aromatic heterocycles. The number of methoxy groups -OCH3 is 1.